The molecule has 0 unspecified atom stereocenters. The predicted molar refractivity (Wildman–Crippen MR) is 106 cm³/mol. The third-order valence-electron chi connectivity index (χ3n) is 4.76. The molecule has 14 heteroatoms. The minimum absolute atomic E-state index is 0.124. The van der Waals surface area contributed by atoms with E-state index in [1.807, 2.05) is 0 Å². The van der Waals surface area contributed by atoms with Gasteiger partial charge in [-0.15, -0.1) is 11.3 Å². The lowest BCUT2D eigenvalue weighted by atomic mass is 9.98. The van der Waals surface area contributed by atoms with Crippen molar-refractivity contribution >= 4 is 38.6 Å². The Bertz CT molecular complexity index is 1070. The fraction of sp³-hybridized carbons (Fsp3) is 0.353. The van der Waals surface area contributed by atoms with Crippen LogP contribution in [-0.2, 0) is 21.0 Å². The molecule has 0 atom stereocenters. The van der Waals surface area contributed by atoms with Gasteiger partial charge in [0.15, 0.2) is 0 Å². The summed E-state index contributed by atoms with van der Waals surface area (Å²) >= 11 is 1.10. The fourth-order valence-corrected chi connectivity index (χ4v) is 5.71. The molecule has 0 radical (unpaired) electrons. The fourth-order valence-electron chi connectivity index (χ4n) is 3.09. The second-order valence-corrected chi connectivity index (χ2v) is 9.82. The van der Waals surface area contributed by atoms with E-state index in [4.69, 9.17) is 0 Å². The number of hydrogen-bond donors (Lipinski definition) is 2. The topological polar surface area (TPSA) is 122 Å². The minimum atomic E-state index is -4.75. The molecule has 0 bridgehead atoms. The summed E-state index contributed by atoms with van der Waals surface area (Å²) in [6.45, 7) is 0.248. The van der Waals surface area contributed by atoms with Gasteiger partial charge < -0.3 is 0 Å². The van der Waals surface area contributed by atoms with Gasteiger partial charge in [-0.1, -0.05) is 6.07 Å². The van der Waals surface area contributed by atoms with Gasteiger partial charge in [0, 0.05) is 25.1 Å². The second-order valence-electron chi connectivity index (χ2n) is 6.71. The lowest BCUT2D eigenvalue weighted by Gasteiger charge is -2.30. The molecule has 0 spiro atoms. The molecule has 2 heterocycles. The van der Waals surface area contributed by atoms with Crippen LogP contribution in [0.1, 0.15) is 18.4 Å². The molecule has 168 valence electrons. The van der Waals surface area contributed by atoms with E-state index in [9.17, 15) is 36.5 Å². The average molecular weight is 478 g/mol. The number of halogens is 3. The van der Waals surface area contributed by atoms with Gasteiger partial charge in [0.1, 0.15) is 9.90 Å². The largest absolute Gasteiger partial charge is 0.416 e. The van der Waals surface area contributed by atoms with E-state index in [1.165, 1.54) is 10.4 Å². The summed E-state index contributed by atoms with van der Waals surface area (Å²) in [7, 11) is -3.62. The Hall–Kier alpha value is -2.71. The summed E-state index contributed by atoms with van der Waals surface area (Å²) in [4.78, 5) is 22.5. The van der Waals surface area contributed by atoms with E-state index in [0.717, 1.165) is 17.4 Å². The van der Waals surface area contributed by atoms with E-state index < -0.39 is 44.2 Å². The van der Waals surface area contributed by atoms with Crippen LogP contribution >= 0.6 is 11.3 Å². The quantitative estimate of drug-likeness (QED) is 0.486. The van der Waals surface area contributed by atoms with E-state index in [0.29, 0.717) is 12.1 Å². The number of hydrogen-bond acceptors (Lipinski definition) is 7. The summed E-state index contributed by atoms with van der Waals surface area (Å²) in [5, 5.41) is 12.8. The zero-order chi connectivity index (χ0) is 22.8. The molecule has 1 amide bonds. The maximum atomic E-state index is 12.8. The molecule has 1 aliphatic heterocycles. The Kier molecular flexibility index (Phi) is 6.52. The van der Waals surface area contributed by atoms with Crippen LogP contribution in [0.4, 0.5) is 24.5 Å². The van der Waals surface area contributed by atoms with Gasteiger partial charge in [-0.2, -0.15) is 17.5 Å². The number of nitro benzene ring substituents is 1. The van der Waals surface area contributed by atoms with Crippen molar-refractivity contribution in [3.63, 3.8) is 0 Å². The minimum Gasteiger partial charge on any atom is -0.292 e. The molecule has 9 nitrogen and oxygen atoms in total. The first kappa shape index (κ1) is 23.0. The number of sulfonamides is 1. The van der Waals surface area contributed by atoms with Gasteiger partial charge in [-0.05, 0) is 36.4 Å². The molecule has 1 aliphatic rings. The molecule has 1 aromatic heterocycles. The number of carbonyl (C=O) groups is 1. The second kappa shape index (κ2) is 8.80. The van der Waals surface area contributed by atoms with Gasteiger partial charge >= 0.3 is 6.18 Å². The predicted octanol–water partition coefficient (Wildman–Crippen LogP) is 3.22. The summed E-state index contributed by atoms with van der Waals surface area (Å²) in [6, 6.07) is 5.03. The highest BCUT2D eigenvalue weighted by atomic mass is 32.2. The van der Waals surface area contributed by atoms with Gasteiger partial charge in [-0.3, -0.25) is 25.8 Å². The number of hydrazine groups is 1. The molecule has 1 saturated heterocycles. The third kappa shape index (κ3) is 5.14. The molecule has 3 rings (SSSR count). The van der Waals surface area contributed by atoms with E-state index in [2.05, 4.69) is 10.9 Å². The van der Waals surface area contributed by atoms with Crippen molar-refractivity contribution in [2.75, 3.05) is 18.5 Å². The van der Waals surface area contributed by atoms with Crippen molar-refractivity contribution in [1.82, 2.24) is 9.73 Å². The van der Waals surface area contributed by atoms with Gasteiger partial charge in [0.2, 0.25) is 5.91 Å². The smallest absolute Gasteiger partial charge is 0.292 e. The van der Waals surface area contributed by atoms with Crippen molar-refractivity contribution < 1.29 is 31.3 Å². The summed E-state index contributed by atoms with van der Waals surface area (Å²) in [5.74, 6) is -1.10. The van der Waals surface area contributed by atoms with Crippen molar-refractivity contribution in [3.05, 3.63) is 51.4 Å². The van der Waals surface area contributed by atoms with Gasteiger partial charge in [0.05, 0.1) is 10.5 Å². The number of alkyl halides is 3. The molecule has 1 fully saturated rings. The molecule has 2 N–H and O–H groups in total. The Morgan fingerprint density at radius 2 is 1.90 bits per heavy atom. The van der Waals surface area contributed by atoms with Crippen LogP contribution in [-0.4, -0.2) is 36.6 Å². The monoisotopic (exact) mass is 478 g/mol. The summed E-state index contributed by atoms with van der Waals surface area (Å²) in [5.41, 5.74) is 2.23. The van der Waals surface area contributed by atoms with Crippen LogP contribution in [0.15, 0.2) is 39.9 Å². The summed E-state index contributed by atoms with van der Waals surface area (Å²) < 4.78 is 64.8. The first-order valence-electron chi connectivity index (χ1n) is 8.95. The first-order chi connectivity index (χ1) is 14.5. The highest BCUT2D eigenvalue weighted by Gasteiger charge is 2.34. The van der Waals surface area contributed by atoms with Crippen LogP contribution in [0, 0.1) is 16.0 Å². The van der Waals surface area contributed by atoms with Crippen LogP contribution in [0.3, 0.4) is 0 Å². The number of carbonyl (C=O) groups excluding carboxylic acids is 1. The van der Waals surface area contributed by atoms with Crippen molar-refractivity contribution in [2.45, 2.75) is 23.2 Å². The molecule has 0 saturated carbocycles. The molecule has 2 aromatic rings. The highest BCUT2D eigenvalue weighted by molar-refractivity contribution is 7.91. The van der Waals surface area contributed by atoms with Crippen LogP contribution < -0.4 is 10.9 Å². The molecule has 0 aliphatic carbocycles. The maximum Gasteiger partial charge on any atom is 0.416 e. The third-order valence-corrected chi connectivity index (χ3v) is 8.03. The van der Waals surface area contributed by atoms with Crippen molar-refractivity contribution in [3.8, 4) is 0 Å². The van der Waals surface area contributed by atoms with E-state index in [-0.39, 0.29) is 35.8 Å². The van der Waals surface area contributed by atoms with Gasteiger partial charge in [0.25, 0.3) is 15.7 Å². The Labute approximate surface area is 179 Å². The molecule has 31 heavy (non-hydrogen) atoms. The normalized spacial score (nSPS) is 16.1. The van der Waals surface area contributed by atoms with Crippen molar-refractivity contribution in [2.24, 2.45) is 5.92 Å². The Morgan fingerprint density at radius 1 is 1.23 bits per heavy atom. The number of nitrogens with one attached hydrogen (secondary N) is 2. The zero-order valence-electron chi connectivity index (χ0n) is 15.8. The van der Waals surface area contributed by atoms with Crippen molar-refractivity contribution in [1.29, 1.82) is 0 Å². The Balaban J connectivity index is 1.60. The van der Waals surface area contributed by atoms with Gasteiger partial charge in [-0.25, -0.2) is 8.42 Å². The molecule has 1 aromatic carbocycles. The number of benzene rings is 1. The average Bonchev–Trinajstić information content (AvgIpc) is 3.27. The van der Waals surface area contributed by atoms with E-state index >= 15 is 0 Å². The number of anilines is 1. The lowest BCUT2D eigenvalue weighted by Crippen LogP contribution is -2.44. The molecular weight excluding hydrogens is 461 g/mol. The van der Waals surface area contributed by atoms with Crippen LogP contribution in [0.2, 0.25) is 0 Å². The number of nitrogens with zero attached hydrogens (tertiary/aromatic N) is 2. The Morgan fingerprint density at radius 3 is 2.45 bits per heavy atom. The number of nitro groups is 1. The number of piperidine rings is 1. The molecular formula is C17H17F3N4O5S2. The maximum absolute atomic E-state index is 12.8. The van der Waals surface area contributed by atoms with Crippen LogP contribution in [0.25, 0.3) is 0 Å². The van der Waals surface area contributed by atoms with E-state index in [1.54, 1.807) is 11.4 Å². The van der Waals surface area contributed by atoms with Crippen LogP contribution in [0.5, 0.6) is 0 Å². The first-order valence-corrected chi connectivity index (χ1v) is 11.3. The SMILES string of the molecule is O=C(NNc1ccc(C(F)(F)F)cc1[N+](=O)[O-])C1CCN(S(=O)(=O)c2cccs2)CC1. The standard InChI is InChI=1S/C17H17F3N4O5S2/c18-17(19,20)12-3-4-13(14(10-12)24(26)27)21-22-16(25)11-5-7-23(8-6-11)31(28,29)15-2-1-9-30-15/h1-4,9-11,21H,5-8H2,(H,22,25). The number of amides is 1. The lowest BCUT2D eigenvalue weighted by molar-refractivity contribution is -0.384. The zero-order valence-corrected chi connectivity index (χ0v) is 17.4. The number of rotatable bonds is 6. The summed E-state index contributed by atoms with van der Waals surface area (Å²) in [6.07, 6.45) is -4.29. The highest BCUT2D eigenvalue weighted by Crippen LogP contribution is 2.35. The number of thiophene rings is 1.